The van der Waals surface area contributed by atoms with E-state index in [1.54, 1.807) is 25.1 Å². The van der Waals surface area contributed by atoms with Crippen molar-refractivity contribution in [1.82, 2.24) is 0 Å². The van der Waals surface area contributed by atoms with Crippen molar-refractivity contribution in [3.63, 3.8) is 0 Å². The molecule has 0 radical (unpaired) electrons. The number of quaternary nitrogens is 1. The van der Waals surface area contributed by atoms with E-state index in [2.05, 4.69) is 23.5 Å². The summed E-state index contributed by atoms with van der Waals surface area (Å²) in [5.41, 5.74) is 1.89. The monoisotopic (exact) mass is 392 g/mol. The number of carbonyl (C=O) groups is 2. The first-order valence-electron chi connectivity index (χ1n) is 9.96. The number of nitrogens with one attached hydrogen (secondary N) is 1. The molecule has 0 aliphatic carbocycles. The van der Waals surface area contributed by atoms with Crippen LogP contribution in [0, 0.1) is 11.3 Å². The summed E-state index contributed by atoms with van der Waals surface area (Å²) in [5.74, 6) is -0.745. The Balaban J connectivity index is 1.81. The number of esters is 1. The van der Waals surface area contributed by atoms with E-state index >= 15 is 0 Å². The summed E-state index contributed by atoms with van der Waals surface area (Å²) in [6, 6.07) is 17.0. The summed E-state index contributed by atoms with van der Waals surface area (Å²) in [6.45, 7) is 4.91. The van der Waals surface area contributed by atoms with E-state index in [9.17, 15) is 14.9 Å². The van der Waals surface area contributed by atoms with E-state index < -0.39 is 5.97 Å². The first-order chi connectivity index (χ1) is 14.1. The zero-order valence-electron chi connectivity index (χ0n) is 16.7. The number of para-hydroxylation sites is 1. The van der Waals surface area contributed by atoms with Crippen LogP contribution in [0.15, 0.2) is 48.5 Å². The molecule has 0 aromatic heterocycles. The van der Waals surface area contributed by atoms with Gasteiger partial charge in [0.2, 0.25) is 0 Å². The smallest absolute Gasteiger partial charge is 0.340 e. The van der Waals surface area contributed by atoms with Crippen molar-refractivity contribution in [1.29, 1.82) is 5.26 Å². The van der Waals surface area contributed by atoms with Gasteiger partial charge in [0.25, 0.3) is 5.91 Å². The third-order valence-corrected chi connectivity index (χ3v) is 5.30. The summed E-state index contributed by atoms with van der Waals surface area (Å²) in [4.78, 5) is 25.3. The highest BCUT2D eigenvalue weighted by Crippen LogP contribution is 2.25. The van der Waals surface area contributed by atoms with Gasteiger partial charge in [-0.25, -0.2) is 4.79 Å². The predicted octanol–water partition coefficient (Wildman–Crippen LogP) is 3.48. The molecule has 1 N–H and O–H groups in total. The molecule has 2 aromatic carbocycles. The average molecular weight is 392 g/mol. The van der Waals surface area contributed by atoms with Gasteiger partial charge in [-0.3, -0.25) is 4.79 Å². The van der Waals surface area contributed by atoms with Crippen LogP contribution in [0.4, 0.5) is 5.69 Å². The molecule has 150 valence electrons. The van der Waals surface area contributed by atoms with Crippen LogP contribution in [0.5, 0.6) is 0 Å². The highest BCUT2D eigenvalue weighted by atomic mass is 16.5. The first-order valence-corrected chi connectivity index (χ1v) is 9.96. The van der Waals surface area contributed by atoms with Gasteiger partial charge in [0.05, 0.1) is 36.5 Å². The molecular weight excluding hydrogens is 366 g/mol. The molecule has 0 bridgehead atoms. The normalized spacial score (nSPS) is 14.8. The molecule has 1 saturated heterocycles. The molecule has 6 nitrogen and oxygen atoms in total. The Hall–Kier alpha value is -3.17. The van der Waals surface area contributed by atoms with Crippen LogP contribution < -0.4 is 5.32 Å². The number of rotatable bonds is 7. The Kier molecular flexibility index (Phi) is 6.63. The molecule has 1 fully saturated rings. The zero-order chi connectivity index (χ0) is 20.7. The Morgan fingerprint density at radius 2 is 1.83 bits per heavy atom. The third-order valence-electron chi connectivity index (χ3n) is 5.30. The van der Waals surface area contributed by atoms with Crippen molar-refractivity contribution in [3.05, 3.63) is 65.2 Å². The number of ether oxygens (including phenoxy) is 1. The lowest BCUT2D eigenvalue weighted by molar-refractivity contribution is -0.922. The molecule has 0 spiro atoms. The summed E-state index contributed by atoms with van der Waals surface area (Å²) in [7, 11) is 0. The van der Waals surface area contributed by atoms with Crippen LogP contribution in [-0.2, 0) is 16.1 Å². The molecule has 29 heavy (non-hydrogen) atoms. The number of carbonyl (C=O) groups excluding carboxylic acids is 2. The fourth-order valence-corrected chi connectivity index (χ4v) is 3.99. The predicted molar refractivity (Wildman–Crippen MR) is 110 cm³/mol. The van der Waals surface area contributed by atoms with Gasteiger partial charge in [0.15, 0.2) is 6.54 Å². The maximum absolute atomic E-state index is 13.0. The quantitative estimate of drug-likeness (QED) is 0.578. The van der Waals surface area contributed by atoms with Crippen LogP contribution in [-0.4, -0.2) is 42.6 Å². The molecule has 1 heterocycles. The Labute approximate surface area is 171 Å². The minimum atomic E-state index is -0.547. The number of amides is 1. The number of anilines is 1. The number of nitrogens with zero attached hydrogens (tertiary/aromatic N) is 2. The molecule has 0 atom stereocenters. The molecule has 6 heteroatoms. The van der Waals surface area contributed by atoms with Crippen LogP contribution in [0.2, 0.25) is 0 Å². The van der Waals surface area contributed by atoms with Crippen LogP contribution >= 0.6 is 0 Å². The highest BCUT2D eigenvalue weighted by molar-refractivity contribution is 6.03. The minimum Gasteiger partial charge on any atom is -0.462 e. The van der Waals surface area contributed by atoms with E-state index in [0.29, 0.717) is 11.0 Å². The van der Waals surface area contributed by atoms with Gasteiger partial charge in [0.1, 0.15) is 12.6 Å². The van der Waals surface area contributed by atoms with E-state index in [0.717, 1.165) is 32.5 Å². The van der Waals surface area contributed by atoms with E-state index in [1.165, 1.54) is 5.56 Å². The van der Waals surface area contributed by atoms with E-state index in [1.807, 2.05) is 18.2 Å². The maximum Gasteiger partial charge on any atom is 0.340 e. The molecular formula is C23H26N3O3+. The Morgan fingerprint density at radius 3 is 2.48 bits per heavy atom. The molecule has 0 unspecified atom stereocenters. The van der Waals surface area contributed by atoms with Gasteiger partial charge >= 0.3 is 5.97 Å². The lowest BCUT2D eigenvalue weighted by Gasteiger charge is -2.33. The second-order valence-electron chi connectivity index (χ2n) is 7.41. The van der Waals surface area contributed by atoms with Crippen molar-refractivity contribution in [2.45, 2.75) is 26.3 Å². The van der Waals surface area contributed by atoms with Gasteiger partial charge in [-0.05, 0) is 19.1 Å². The number of benzene rings is 2. The Morgan fingerprint density at radius 1 is 1.10 bits per heavy atom. The number of nitriles is 1. The molecule has 2 aromatic rings. The minimum absolute atomic E-state index is 0.198. The second-order valence-corrected chi connectivity index (χ2v) is 7.41. The summed E-state index contributed by atoms with van der Waals surface area (Å²) in [5, 5.41) is 12.3. The van der Waals surface area contributed by atoms with Crippen LogP contribution in [0.1, 0.15) is 41.3 Å². The van der Waals surface area contributed by atoms with Crippen molar-refractivity contribution in [3.8, 4) is 6.07 Å². The SMILES string of the molecule is CCOC(=O)c1cccc(C#N)c1NC(=O)C[N+]1(Cc2ccccc2)CCCC1. The third kappa shape index (κ3) is 5.01. The van der Waals surface area contributed by atoms with Gasteiger partial charge in [-0.2, -0.15) is 5.26 Å². The lowest BCUT2D eigenvalue weighted by atomic mass is 10.1. The Bertz CT molecular complexity index is 913. The fourth-order valence-electron chi connectivity index (χ4n) is 3.99. The number of hydrogen-bond donors (Lipinski definition) is 1. The first kappa shape index (κ1) is 20.6. The van der Waals surface area contributed by atoms with Crippen LogP contribution in [0.25, 0.3) is 0 Å². The second kappa shape index (κ2) is 9.35. The van der Waals surface area contributed by atoms with E-state index in [4.69, 9.17) is 4.74 Å². The fraction of sp³-hybridized carbons (Fsp3) is 0.348. The number of likely N-dealkylation sites (tertiary alicyclic amines) is 1. The molecule has 1 amide bonds. The van der Waals surface area contributed by atoms with Gasteiger partial charge in [0, 0.05) is 18.4 Å². The van der Waals surface area contributed by atoms with Crippen molar-refractivity contribution in [2.75, 3.05) is 31.6 Å². The maximum atomic E-state index is 13.0. The van der Waals surface area contributed by atoms with Gasteiger partial charge in [-0.15, -0.1) is 0 Å². The lowest BCUT2D eigenvalue weighted by Crippen LogP contribution is -2.49. The standard InChI is InChI=1S/C23H25N3O3/c1-2-29-23(28)20-12-8-11-19(15-24)22(20)25-21(27)17-26(13-6-7-14-26)16-18-9-4-3-5-10-18/h3-5,8-12H,2,6-7,13-14,16-17H2,1H3/p+1. The van der Waals surface area contributed by atoms with Crippen molar-refractivity contribution >= 4 is 17.6 Å². The summed E-state index contributed by atoms with van der Waals surface area (Å²) >= 11 is 0. The number of hydrogen-bond acceptors (Lipinski definition) is 4. The van der Waals surface area contributed by atoms with Crippen molar-refractivity contribution in [2.24, 2.45) is 0 Å². The van der Waals surface area contributed by atoms with E-state index in [-0.39, 0.29) is 29.3 Å². The summed E-state index contributed by atoms with van der Waals surface area (Å²) < 4.78 is 5.76. The average Bonchev–Trinajstić information content (AvgIpc) is 3.16. The highest BCUT2D eigenvalue weighted by Gasteiger charge is 2.35. The van der Waals surface area contributed by atoms with Crippen molar-refractivity contribution < 1.29 is 18.8 Å². The van der Waals surface area contributed by atoms with Gasteiger partial charge < -0.3 is 14.5 Å². The summed E-state index contributed by atoms with van der Waals surface area (Å²) in [6.07, 6.45) is 2.17. The topological polar surface area (TPSA) is 79.2 Å². The molecule has 3 rings (SSSR count). The molecule has 0 saturated carbocycles. The van der Waals surface area contributed by atoms with Crippen LogP contribution in [0.3, 0.4) is 0 Å². The molecule has 1 aliphatic heterocycles. The molecule has 1 aliphatic rings. The van der Waals surface area contributed by atoms with Gasteiger partial charge in [-0.1, -0.05) is 36.4 Å². The zero-order valence-corrected chi connectivity index (χ0v) is 16.7. The largest absolute Gasteiger partial charge is 0.462 e.